The Morgan fingerprint density at radius 3 is 2.48 bits per heavy atom. The van der Waals surface area contributed by atoms with Crippen molar-refractivity contribution >= 4 is 6.29 Å². The van der Waals surface area contributed by atoms with Gasteiger partial charge in [-0.2, -0.15) is 13.2 Å². The van der Waals surface area contributed by atoms with E-state index in [0.29, 0.717) is 34.5 Å². The number of benzene rings is 2. The second-order valence-electron chi connectivity index (χ2n) is 6.71. The largest absolute Gasteiger partial charge is 0.496 e. The Balaban J connectivity index is 1.80. The highest BCUT2D eigenvalue weighted by Gasteiger charge is 2.36. The summed E-state index contributed by atoms with van der Waals surface area (Å²) in [4.78, 5) is 10.9. The normalized spacial score (nSPS) is 15.0. The van der Waals surface area contributed by atoms with Crippen molar-refractivity contribution in [1.82, 2.24) is 0 Å². The summed E-state index contributed by atoms with van der Waals surface area (Å²) in [7, 11) is 1.43. The van der Waals surface area contributed by atoms with Crippen molar-refractivity contribution in [3.05, 3.63) is 58.7 Å². The summed E-state index contributed by atoms with van der Waals surface area (Å²) in [6, 6.07) is 9.15. The van der Waals surface area contributed by atoms with Gasteiger partial charge in [0.05, 0.1) is 18.2 Å². The number of hydrogen-bond donors (Lipinski definition) is 0. The molecule has 6 heteroatoms. The van der Waals surface area contributed by atoms with Gasteiger partial charge in [-0.1, -0.05) is 25.0 Å². The first kappa shape index (κ1) is 19.3. The van der Waals surface area contributed by atoms with E-state index in [1.165, 1.54) is 13.2 Å². The van der Waals surface area contributed by atoms with Crippen LogP contribution in [0.4, 0.5) is 13.2 Å². The van der Waals surface area contributed by atoms with E-state index in [0.717, 1.165) is 25.7 Å². The lowest BCUT2D eigenvalue weighted by Crippen LogP contribution is -2.12. The maximum Gasteiger partial charge on any atom is 0.416 e. The van der Waals surface area contributed by atoms with Crippen LogP contribution < -0.4 is 9.47 Å². The molecule has 2 aromatic rings. The fraction of sp³-hybridized carbons (Fsp3) is 0.381. The molecule has 3 nitrogen and oxygen atoms in total. The fourth-order valence-corrected chi connectivity index (χ4v) is 3.58. The lowest BCUT2D eigenvalue weighted by Gasteiger charge is -2.19. The van der Waals surface area contributed by atoms with E-state index >= 15 is 0 Å². The topological polar surface area (TPSA) is 35.5 Å². The first-order chi connectivity index (χ1) is 12.9. The molecule has 0 radical (unpaired) electrons. The van der Waals surface area contributed by atoms with Gasteiger partial charge in [0.25, 0.3) is 0 Å². The van der Waals surface area contributed by atoms with Crippen molar-refractivity contribution in [2.45, 2.75) is 44.4 Å². The van der Waals surface area contributed by atoms with Crippen molar-refractivity contribution in [2.24, 2.45) is 0 Å². The maximum atomic E-state index is 13.5. The molecule has 0 atom stereocenters. The number of hydrogen-bond acceptors (Lipinski definition) is 3. The van der Waals surface area contributed by atoms with Crippen LogP contribution in [0.25, 0.3) is 0 Å². The zero-order chi connectivity index (χ0) is 19.4. The molecule has 27 heavy (non-hydrogen) atoms. The van der Waals surface area contributed by atoms with Crippen LogP contribution in [0, 0.1) is 0 Å². The number of halogens is 3. The van der Waals surface area contributed by atoms with Gasteiger partial charge in [0.15, 0.2) is 6.29 Å². The molecular weight excluding hydrogens is 357 g/mol. The molecule has 0 amide bonds. The van der Waals surface area contributed by atoms with Gasteiger partial charge in [-0.25, -0.2) is 0 Å². The number of carbonyl (C=O) groups is 1. The van der Waals surface area contributed by atoms with E-state index in [4.69, 9.17) is 9.47 Å². The first-order valence-corrected chi connectivity index (χ1v) is 8.88. The Hall–Kier alpha value is -2.50. The Labute approximate surface area is 156 Å². The molecule has 3 rings (SSSR count). The lowest BCUT2D eigenvalue weighted by molar-refractivity contribution is -0.138. The average molecular weight is 378 g/mol. The molecule has 1 aliphatic carbocycles. The van der Waals surface area contributed by atoms with Crippen molar-refractivity contribution < 1.29 is 27.4 Å². The summed E-state index contributed by atoms with van der Waals surface area (Å²) in [5.41, 5.74) is 0.651. The van der Waals surface area contributed by atoms with Crippen LogP contribution in [-0.4, -0.2) is 13.4 Å². The number of alkyl halides is 3. The number of rotatable bonds is 6. The molecule has 1 fully saturated rings. The van der Waals surface area contributed by atoms with Gasteiger partial charge in [0.2, 0.25) is 0 Å². The highest BCUT2D eigenvalue weighted by atomic mass is 19.4. The molecule has 144 valence electrons. The molecule has 0 unspecified atom stereocenters. The van der Waals surface area contributed by atoms with Gasteiger partial charge in [0.1, 0.15) is 18.1 Å². The minimum absolute atomic E-state index is 0.00236. The molecule has 0 heterocycles. The van der Waals surface area contributed by atoms with Gasteiger partial charge in [-0.3, -0.25) is 4.79 Å². The van der Waals surface area contributed by atoms with Crippen LogP contribution in [0.15, 0.2) is 36.4 Å². The van der Waals surface area contributed by atoms with Gasteiger partial charge in [0, 0.05) is 6.07 Å². The molecule has 0 saturated heterocycles. The number of ether oxygens (including phenoxy) is 2. The zero-order valence-electron chi connectivity index (χ0n) is 15.0. The third kappa shape index (κ3) is 4.43. The maximum absolute atomic E-state index is 13.5. The van der Waals surface area contributed by atoms with Crippen LogP contribution in [0.1, 0.15) is 58.6 Å². The molecule has 1 saturated carbocycles. The highest BCUT2D eigenvalue weighted by Crippen LogP contribution is 2.42. The molecule has 2 aromatic carbocycles. The Morgan fingerprint density at radius 1 is 1.11 bits per heavy atom. The van der Waals surface area contributed by atoms with Gasteiger partial charge in [-0.05, 0) is 48.1 Å². The van der Waals surface area contributed by atoms with E-state index in [1.807, 2.05) is 0 Å². The third-order valence-corrected chi connectivity index (χ3v) is 4.96. The summed E-state index contributed by atoms with van der Waals surface area (Å²) in [5, 5.41) is 0. The minimum Gasteiger partial charge on any atom is -0.496 e. The van der Waals surface area contributed by atoms with Crippen LogP contribution >= 0.6 is 0 Å². The average Bonchev–Trinajstić information content (AvgIpc) is 3.19. The summed E-state index contributed by atoms with van der Waals surface area (Å²) in [6.07, 6.45) is -0.150. The fourth-order valence-electron chi connectivity index (χ4n) is 3.58. The molecule has 1 aliphatic rings. The Bertz CT molecular complexity index is 809. The van der Waals surface area contributed by atoms with Crippen molar-refractivity contribution in [3.8, 4) is 11.5 Å². The summed E-state index contributed by atoms with van der Waals surface area (Å²) in [6.45, 7) is -0.00236. The third-order valence-electron chi connectivity index (χ3n) is 4.96. The number of carbonyl (C=O) groups excluding carboxylic acids is 1. The first-order valence-electron chi connectivity index (χ1n) is 8.88. The quantitative estimate of drug-likeness (QED) is 0.599. The van der Waals surface area contributed by atoms with E-state index < -0.39 is 11.7 Å². The molecule has 0 aromatic heterocycles. The molecule has 0 N–H and O–H groups in total. The number of methoxy groups -OCH3 is 1. The van der Waals surface area contributed by atoms with Crippen LogP contribution in [0.5, 0.6) is 11.5 Å². The van der Waals surface area contributed by atoms with Crippen molar-refractivity contribution in [2.75, 3.05) is 7.11 Å². The van der Waals surface area contributed by atoms with Crippen LogP contribution in [-0.2, 0) is 12.8 Å². The van der Waals surface area contributed by atoms with E-state index in [9.17, 15) is 18.0 Å². The van der Waals surface area contributed by atoms with Crippen LogP contribution in [0.3, 0.4) is 0 Å². The monoisotopic (exact) mass is 378 g/mol. The van der Waals surface area contributed by atoms with Gasteiger partial charge >= 0.3 is 6.18 Å². The molecular formula is C21H21F3O3. The van der Waals surface area contributed by atoms with Crippen LogP contribution in [0.2, 0.25) is 0 Å². The second-order valence-corrected chi connectivity index (χ2v) is 6.71. The standard InChI is InChI=1S/C21H21F3O3/c1-26-20-11-17(8-7-16(20)12-25)27-13-14-6-9-18(15-4-2-3-5-15)19(10-14)21(22,23)24/h6-12,15H,2-5,13H2,1H3. The molecule has 0 spiro atoms. The predicted octanol–water partition coefficient (Wildman–Crippen LogP) is 5.76. The molecule has 0 aliphatic heterocycles. The predicted molar refractivity (Wildman–Crippen MR) is 95.4 cm³/mol. The smallest absolute Gasteiger partial charge is 0.416 e. The second kappa shape index (κ2) is 8.03. The molecule has 0 bridgehead atoms. The van der Waals surface area contributed by atoms with Crippen molar-refractivity contribution in [3.63, 3.8) is 0 Å². The van der Waals surface area contributed by atoms with E-state index in [1.54, 1.807) is 30.3 Å². The number of aldehydes is 1. The zero-order valence-corrected chi connectivity index (χ0v) is 15.0. The Kier molecular flexibility index (Phi) is 5.73. The van der Waals surface area contributed by atoms with Gasteiger partial charge < -0.3 is 9.47 Å². The Morgan fingerprint density at radius 2 is 1.85 bits per heavy atom. The summed E-state index contributed by atoms with van der Waals surface area (Å²) in [5.74, 6) is 0.762. The summed E-state index contributed by atoms with van der Waals surface area (Å²) >= 11 is 0. The highest BCUT2D eigenvalue weighted by molar-refractivity contribution is 5.79. The summed E-state index contributed by atoms with van der Waals surface area (Å²) < 4.78 is 51.3. The SMILES string of the molecule is COc1cc(OCc2ccc(C3CCCC3)c(C(F)(F)F)c2)ccc1C=O. The van der Waals surface area contributed by atoms with E-state index in [2.05, 4.69) is 0 Å². The van der Waals surface area contributed by atoms with Crippen molar-refractivity contribution in [1.29, 1.82) is 0 Å². The van der Waals surface area contributed by atoms with E-state index in [-0.39, 0.29) is 12.5 Å². The minimum atomic E-state index is -4.39. The lowest BCUT2D eigenvalue weighted by atomic mass is 9.91. The van der Waals surface area contributed by atoms with Gasteiger partial charge in [-0.15, -0.1) is 0 Å².